The number of rotatable bonds is 2. The molecule has 1 aromatic heterocycles. The third-order valence-corrected chi connectivity index (χ3v) is 1.23. The Kier molecular flexibility index (Phi) is 2.06. The van der Waals surface area contributed by atoms with Crippen molar-refractivity contribution >= 4 is 5.91 Å². The van der Waals surface area contributed by atoms with Crippen LogP contribution in [0.25, 0.3) is 0 Å². The van der Waals surface area contributed by atoms with Gasteiger partial charge in [0.05, 0.1) is 0 Å². The highest BCUT2D eigenvalue weighted by molar-refractivity contribution is 5.84. The van der Waals surface area contributed by atoms with Crippen LogP contribution < -0.4 is 5.01 Å². The maximum Gasteiger partial charge on any atom is 0.242 e. The summed E-state index contributed by atoms with van der Waals surface area (Å²) in [5.41, 5.74) is 0. The highest BCUT2D eigenvalue weighted by Crippen LogP contribution is 1.91. The lowest BCUT2D eigenvalue weighted by molar-refractivity contribution is -0.117. The number of imidazole rings is 1. The van der Waals surface area contributed by atoms with Gasteiger partial charge < -0.3 is 0 Å². The molecule has 1 aromatic rings. The number of carbonyl (C=O) groups is 1. The van der Waals surface area contributed by atoms with Crippen molar-refractivity contribution < 1.29 is 4.79 Å². The van der Waals surface area contributed by atoms with E-state index < -0.39 is 0 Å². The first kappa shape index (κ1) is 7.53. The number of hydrogen-bond acceptors (Lipinski definition) is 2. The fourth-order valence-corrected chi connectivity index (χ4v) is 0.765. The second kappa shape index (κ2) is 3.01. The van der Waals surface area contributed by atoms with Crippen molar-refractivity contribution in [1.29, 1.82) is 0 Å². The lowest BCUT2D eigenvalue weighted by Gasteiger charge is -2.15. The summed E-state index contributed by atoms with van der Waals surface area (Å²) in [6, 6.07) is 0. The number of nitrogens with zero attached hydrogens (tertiary/aromatic N) is 3. The Morgan fingerprint density at radius 2 is 2.55 bits per heavy atom. The molecule has 0 unspecified atom stereocenters. The van der Waals surface area contributed by atoms with Crippen LogP contribution >= 0.6 is 0 Å². The number of hydrogen-bond donors (Lipinski definition) is 0. The summed E-state index contributed by atoms with van der Waals surface area (Å²) >= 11 is 0. The second-order valence-corrected chi connectivity index (χ2v) is 1.99. The summed E-state index contributed by atoms with van der Waals surface area (Å²) in [7, 11) is 0. The minimum absolute atomic E-state index is 0.0991. The van der Waals surface area contributed by atoms with Crippen molar-refractivity contribution in [1.82, 2.24) is 9.66 Å². The van der Waals surface area contributed by atoms with Crippen LogP contribution in [0.5, 0.6) is 0 Å². The molecular weight excluding hydrogens is 142 g/mol. The molecule has 0 radical (unpaired) electrons. The van der Waals surface area contributed by atoms with Gasteiger partial charge >= 0.3 is 0 Å². The first-order valence-corrected chi connectivity index (χ1v) is 3.16. The molecule has 1 amide bonds. The molecule has 0 N–H and O–H groups in total. The van der Waals surface area contributed by atoms with E-state index in [-0.39, 0.29) is 5.91 Å². The Bertz CT molecular complexity index is 253. The van der Waals surface area contributed by atoms with Crippen molar-refractivity contribution in [3.63, 3.8) is 0 Å². The SMILES string of the molecule is C=CN(C(C)=O)n1ccnc1. The smallest absolute Gasteiger partial charge is 0.242 e. The molecule has 4 nitrogen and oxygen atoms in total. The predicted octanol–water partition coefficient (Wildman–Crippen LogP) is 0.511. The highest BCUT2D eigenvalue weighted by Gasteiger charge is 2.03. The average Bonchev–Trinajstić information content (AvgIpc) is 2.40. The van der Waals surface area contributed by atoms with E-state index in [1.807, 2.05) is 0 Å². The van der Waals surface area contributed by atoms with Gasteiger partial charge in [-0.25, -0.2) is 14.7 Å². The molecule has 0 spiro atoms. The van der Waals surface area contributed by atoms with Crippen molar-refractivity contribution in [2.45, 2.75) is 6.92 Å². The first-order chi connectivity index (χ1) is 5.25. The zero-order valence-electron chi connectivity index (χ0n) is 6.27. The van der Waals surface area contributed by atoms with Crippen LogP contribution in [0.4, 0.5) is 0 Å². The van der Waals surface area contributed by atoms with Crippen molar-refractivity contribution in [3.8, 4) is 0 Å². The van der Waals surface area contributed by atoms with E-state index in [1.165, 1.54) is 24.5 Å². The molecule has 0 atom stereocenters. The van der Waals surface area contributed by atoms with Crippen LogP contribution in [0.15, 0.2) is 31.5 Å². The molecule has 0 saturated heterocycles. The summed E-state index contributed by atoms with van der Waals surface area (Å²) < 4.78 is 1.55. The predicted molar refractivity (Wildman–Crippen MR) is 41.3 cm³/mol. The highest BCUT2D eigenvalue weighted by atomic mass is 16.2. The molecular formula is C7H9N3O. The van der Waals surface area contributed by atoms with Crippen LogP contribution in [0.3, 0.4) is 0 Å². The fraction of sp³-hybridized carbons (Fsp3) is 0.143. The monoisotopic (exact) mass is 151 g/mol. The molecule has 0 aliphatic rings. The lowest BCUT2D eigenvalue weighted by atomic mass is 10.7. The third-order valence-electron chi connectivity index (χ3n) is 1.23. The van der Waals surface area contributed by atoms with Gasteiger partial charge in [0, 0.05) is 25.5 Å². The van der Waals surface area contributed by atoms with Gasteiger partial charge in [-0.05, 0) is 0 Å². The number of aromatic nitrogens is 2. The summed E-state index contributed by atoms with van der Waals surface area (Å²) in [5, 5.41) is 1.35. The molecule has 0 aliphatic heterocycles. The van der Waals surface area contributed by atoms with E-state index in [9.17, 15) is 4.79 Å². The van der Waals surface area contributed by atoms with E-state index >= 15 is 0 Å². The van der Waals surface area contributed by atoms with E-state index in [2.05, 4.69) is 11.6 Å². The molecule has 11 heavy (non-hydrogen) atoms. The quantitative estimate of drug-likeness (QED) is 0.617. The van der Waals surface area contributed by atoms with Crippen molar-refractivity contribution in [2.24, 2.45) is 0 Å². The largest absolute Gasteiger partial charge is 0.273 e. The first-order valence-electron chi connectivity index (χ1n) is 3.16. The molecule has 58 valence electrons. The summed E-state index contributed by atoms with van der Waals surface area (Å²) in [6.45, 7) is 4.95. The van der Waals surface area contributed by atoms with Crippen LogP contribution in [0.1, 0.15) is 6.92 Å². The molecule has 0 fully saturated rings. The summed E-state index contributed by atoms with van der Waals surface area (Å²) in [5.74, 6) is -0.0991. The van der Waals surface area contributed by atoms with E-state index in [1.54, 1.807) is 17.1 Å². The average molecular weight is 151 g/mol. The molecule has 0 saturated carbocycles. The Morgan fingerprint density at radius 3 is 2.91 bits per heavy atom. The molecule has 0 aliphatic carbocycles. The van der Waals surface area contributed by atoms with Crippen LogP contribution in [0.2, 0.25) is 0 Å². The second-order valence-electron chi connectivity index (χ2n) is 1.99. The van der Waals surface area contributed by atoms with Gasteiger partial charge in [0.25, 0.3) is 0 Å². The minimum Gasteiger partial charge on any atom is -0.273 e. The molecule has 0 bridgehead atoms. The Balaban J connectivity index is 2.88. The maximum absolute atomic E-state index is 10.9. The Hall–Kier alpha value is -1.58. The summed E-state index contributed by atoms with van der Waals surface area (Å²) in [6.07, 6.45) is 6.23. The van der Waals surface area contributed by atoms with Gasteiger partial charge in [0.2, 0.25) is 5.91 Å². The zero-order chi connectivity index (χ0) is 8.27. The topological polar surface area (TPSA) is 38.1 Å². The molecule has 0 aromatic carbocycles. The molecule has 1 heterocycles. The Morgan fingerprint density at radius 1 is 1.82 bits per heavy atom. The van der Waals surface area contributed by atoms with E-state index in [0.717, 1.165) is 0 Å². The zero-order valence-corrected chi connectivity index (χ0v) is 6.27. The van der Waals surface area contributed by atoms with Crippen LogP contribution in [0, 0.1) is 0 Å². The third kappa shape index (κ3) is 1.46. The van der Waals surface area contributed by atoms with E-state index in [0.29, 0.717) is 0 Å². The molecule has 4 heteroatoms. The number of amides is 1. The Labute approximate surface area is 64.7 Å². The van der Waals surface area contributed by atoms with Crippen molar-refractivity contribution in [3.05, 3.63) is 31.5 Å². The number of carbonyl (C=O) groups excluding carboxylic acids is 1. The minimum atomic E-state index is -0.0991. The van der Waals surface area contributed by atoms with Gasteiger partial charge in [-0.1, -0.05) is 6.58 Å². The lowest BCUT2D eigenvalue weighted by Crippen LogP contribution is -2.31. The van der Waals surface area contributed by atoms with Gasteiger partial charge in [-0.15, -0.1) is 0 Å². The van der Waals surface area contributed by atoms with Gasteiger partial charge in [0.15, 0.2) is 0 Å². The van der Waals surface area contributed by atoms with Gasteiger partial charge in [-0.3, -0.25) is 4.79 Å². The van der Waals surface area contributed by atoms with Gasteiger partial charge in [-0.2, -0.15) is 0 Å². The van der Waals surface area contributed by atoms with Gasteiger partial charge in [0.1, 0.15) is 6.33 Å². The van der Waals surface area contributed by atoms with E-state index in [4.69, 9.17) is 0 Å². The van der Waals surface area contributed by atoms with Crippen LogP contribution in [-0.2, 0) is 4.79 Å². The van der Waals surface area contributed by atoms with Crippen LogP contribution in [-0.4, -0.2) is 15.6 Å². The standard InChI is InChI=1S/C7H9N3O/c1-3-10(7(2)11)9-5-4-8-6-9/h3-6H,1H2,2H3. The normalized spacial score (nSPS) is 9.18. The maximum atomic E-state index is 10.9. The summed E-state index contributed by atoms with van der Waals surface area (Å²) in [4.78, 5) is 14.7. The van der Waals surface area contributed by atoms with Crippen molar-refractivity contribution in [2.75, 3.05) is 5.01 Å². The fourth-order valence-electron chi connectivity index (χ4n) is 0.765. The molecule has 1 rings (SSSR count).